The van der Waals surface area contributed by atoms with Crippen LogP contribution in [0.1, 0.15) is 27.3 Å². The van der Waals surface area contributed by atoms with Gasteiger partial charge in [0.25, 0.3) is 5.91 Å². The molecular weight excluding hydrogens is 376 g/mol. The minimum absolute atomic E-state index is 0.155. The minimum atomic E-state index is 0.155. The molecule has 0 unspecified atom stereocenters. The summed E-state index contributed by atoms with van der Waals surface area (Å²) < 4.78 is 2.90. The molecule has 0 atom stereocenters. The second-order valence-electron chi connectivity index (χ2n) is 6.22. The van der Waals surface area contributed by atoms with E-state index in [2.05, 4.69) is 10.00 Å². The topological polar surface area (TPSA) is 41.4 Å². The van der Waals surface area contributed by atoms with Crippen molar-refractivity contribution in [3.8, 4) is 0 Å². The maximum atomic E-state index is 12.7. The Morgan fingerprint density at radius 1 is 1.32 bits per heavy atom. The lowest BCUT2D eigenvalue weighted by atomic mass is 10.2. The fourth-order valence-electron chi connectivity index (χ4n) is 3.11. The molecule has 1 amide bonds. The number of thiophene rings is 1. The molecule has 1 saturated heterocycles. The normalized spacial score (nSPS) is 16.2. The van der Waals surface area contributed by atoms with Gasteiger partial charge in [-0.25, -0.2) is 0 Å². The molecule has 5 nitrogen and oxygen atoms in total. The van der Waals surface area contributed by atoms with Gasteiger partial charge in [0.1, 0.15) is 5.15 Å². The first-order chi connectivity index (χ1) is 12.0. The molecule has 1 aliphatic rings. The van der Waals surface area contributed by atoms with E-state index < -0.39 is 0 Å². The van der Waals surface area contributed by atoms with Crippen molar-refractivity contribution in [3.63, 3.8) is 0 Å². The third kappa shape index (κ3) is 4.22. The quantitative estimate of drug-likeness (QED) is 0.739. The van der Waals surface area contributed by atoms with Crippen LogP contribution in [-0.4, -0.2) is 57.9 Å². The van der Waals surface area contributed by atoms with E-state index in [9.17, 15) is 4.79 Å². The number of hydrogen-bond donors (Lipinski definition) is 0. The fraction of sp³-hybridized carbons (Fsp3) is 0.529. The Kier molecular flexibility index (Phi) is 6.09. The van der Waals surface area contributed by atoms with Gasteiger partial charge >= 0.3 is 0 Å². The first-order valence-electron chi connectivity index (χ1n) is 8.33. The van der Waals surface area contributed by atoms with Crippen molar-refractivity contribution in [1.82, 2.24) is 19.6 Å². The molecule has 0 aliphatic carbocycles. The van der Waals surface area contributed by atoms with Crippen LogP contribution in [0.15, 0.2) is 16.3 Å². The number of rotatable bonds is 4. The van der Waals surface area contributed by atoms with Crippen LogP contribution >= 0.6 is 34.7 Å². The largest absolute Gasteiger partial charge is 0.337 e. The lowest BCUT2D eigenvalue weighted by Crippen LogP contribution is -2.34. The molecule has 0 spiro atoms. The van der Waals surface area contributed by atoms with E-state index >= 15 is 0 Å². The van der Waals surface area contributed by atoms with Crippen molar-refractivity contribution < 1.29 is 4.79 Å². The molecule has 1 aliphatic heterocycles. The molecule has 0 bridgehead atoms. The highest BCUT2D eigenvalue weighted by Gasteiger charge is 2.23. The Bertz CT molecular complexity index is 758. The smallest absolute Gasteiger partial charge is 0.264 e. The monoisotopic (exact) mass is 398 g/mol. The van der Waals surface area contributed by atoms with Crippen LogP contribution in [0.4, 0.5) is 0 Å². The Morgan fingerprint density at radius 2 is 2.12 bits per heavy atom. The average Bonchev–Trinajstić information content (AvgIpc) is 3.07. The number of aryl methyl sites for hydroxylation is 2. The zero-order valence-electron chi connectivity index (χ0n) is 14.8. The highest BCUT2D eigenvalue weighted by atomic mass is 35.5. The maximum absolute atomic E-state index is 12.7. The lowest BCUT2D eigenvalue weighted by molar-refractivity contribution is 0.0766. The molecule has 3 rings (SSSR count). The van der Waals surface area contributed by atoms with Crippen LogP contribution in [0.5, 0.6) is 0 Å². The molecule has 3 heterocycles. The second kappa shape index (κ2) is 8.12. The molecule has 25 heavy (non-hydrogen) atoms. The molecule has 0 aromatic carbocycles. The van der Waals surface area contributed by atoms with Crippen molar-refractivity contribution >= 4 is 40.6 Å². The Morgan fingerprint density at radius 3 is 2.76 bits per heavy atom. The third-order valence-corrected chi connectivity index (χ3v) is 7.15. The van der Waals surface area contributed by atoms with Gasteiger partial charge in [-0.3, -0.25) is 14.4 Å². The number of carbonyl (C=O) groups excluding carboxylic acids is 1. The van der Waals surface area contributed by atoms with Crippen molar-refractivity contribution in [2.45, 2.75) is 24.1 Å². The average molecular weight is 399 g/mol. The summed E-state index contributed by atoms with van der Waals surface area (Å²) >= 11 is 9.62. The summed E-state index contributed by atoms with van der Waals surface area (Å²) in [6.45, 7) is 6.17. The van der Waals surface area contributed by atoms with Gasteiger partial charge < -0.3 is 4.90 Å². The fourth-order valence-corrected chi connectivity index (χ4v) is 4.86. The van der Waals surface area contributed by atoms with Gasteiger partial charge in [-0.2, -0.15) is 5.10 Å². The van der Waals surface area contributed by atoms with E-state index in [1.165, 1.54) is 4.21 Å². The Labute approximate surface area is 161 Å². The number of aromatic nitrogens is 2. The van der Waals surface area contributed by atoms with E-state index in [1.54, 1.807) is 27.8 Å². The first-order valence-corrected chi connectivity index (χ1v) is 10.7. The number of carbonyl (C=O) groups is 1. The van der Waals surface area contributed by atoms with E-state index in [0.717, 1.165) is 55.3 Å². The van der Waals surface area contributed by atoms with E-state index in [0.29, 0.717) is 5.15 Å². The van der Waals surface area contributed by atoms with Crippen LogP contribution in [0, 0.1) is 6.92 Å². The van der Waals surface area contributed by atoms with Gasteiger partial charge in [0.2, 0.25) is 0 Å². The van der Waals surface area contributed by atoms with Crippen LogP contribution in [-0.2, 0) is 13.6 Å². The van der Waals surface area contributed by atoms with E-state index in [4.69, 9.17) is 11.6 Å². The third-order valence-electron chi connectivity index (χ3n) is 4.52. The number of halogens is 1. The molecule has 2 aromatic rings. The van der Waals surface area contributed by atoms with Crippen LogP contribution in [0.25, 0.3) is 0 Å². The van der Waals surface area contributed by atoms with Gasteiger partial charge in [-0.1, -0.05) is 11.6 Å². The molecule has 0 N–H and O–H groups in total. The van der Waals surface area contributed by atoms with Crippen molar-refractivity contribution in [2.75, 3.05) is 32.4 Å². The van der Waals surface area contributed by atoms with E-state index in [-0.39, 0.29) is 5.91 Å². The number of nitrogens with zero attached hydrogens (tertiary/aromatic N) is 4. The van der Waals surface area contributed by atoms with Gasteiger partial charge in [-0.05, 0) is 31.7 Å². The van der Waals surface area contributed by atoms with Gasteiger partial charge in [0, 0.05) is 45.3 Å². The number of thioether (sulfide) groups is 1. The van der Waals surface area contributed by atoms with Crippen molar-refractivity contribution in [2.24, 2.45) is 7.05 Å². The van der Waals surface area contributed by atoms with Gasteiger partial charge in [-0.15, -0.1) is 23.1 Å². The Hall–Kier alpha value is -1.02. The van der Waals surface area contributed by atoms with Crippen molar-refractivity contribution in [3.05, 3.63) is 33.4 Å². The minimum Gasteiger partial charge on any atom is -0.337 e. The Balaban J connectivity index is 1.63. The zero-order chi connectivity index (χ0) is 18.0. The summed E-state index contributed by atoms with van der Waals surface area (Å²) in [5.74, 6) is 0.155. The lowest BCUT2D eigenvalue weighted by Gasteiger charge is -2.21. The summed E-state index contributed by atoms with van der Waals surface area (Å²) in [5, 5.41) is 5.09. The second-order valence-corrected chi connectivity index (χ2v) is 8.77. The summed E-state index contributed by atoms with van der Waals surface area (Å²) in [7, 11) is 1.87. The van der Waals surface area contributed by atoms with Crippen LogP contribution in [0.2, 0.25) is 5.15 Å². The molecule has 0 radical (unpaired) electrons. The zero-order valence-corrected chi connectivity index (χ0v) is 17.2. The summed E-state index contributed by atoms with van der Waals surface area (Å²) in [4.78, 5) is 17.9. The van der Waals surface area contributed by atoms with Gasteiger partial charge in [0.15, 0.2) is 0 Å². The van der Waals surface area contributed by atoms with Crippen LogP contribution in [0.3, 0.4) is 0 Å². The maximum Gasteiger partial charge on any atom is 0.264 e. The summed E-state index contributed by atoms with van der Waals surface area (Å²) in [5.41, 5.74) is 2.07. The van der Waals surface area contributed by atoms with Crippen molar-refractivity contribution in [1.29, 1.82) is 0 Å². The van der Waals surface area contributed by atoms with E-state index in [1.807, 2.05) is 37.3 Å². The SMILES string of the molecule is CSc1ccc(C(=O)N2CCCN(Cc3c(C)nn(C)c3Cl)CC2)s1. The highest BCUT2D eigenvalue weighted by Crippen LogP contribution is 2.26. The molecule has 136 valence electrons. The molecule has 0 saturated carbocycles. The number of amides is 1. The van der Waals surface area contributed by atoms with Crippen LogP contribution < -0.4 is 0 Å². The molecule has 8 heteroatoms. The molecule has 2 aromatic heterocycles. The van der Waals surface area contributed by atoms with Gasteiger partial charge in [0.05, 0.1) is 14.8 Å². The predicted octanol–water partition coefficient (Wildman–Crippen LogP) is 3.51. The number of hydrogen-bond acceptors (Lipinski definition) is 5. The first kappa shape index (κ1) is 18.8. The molecular formula is C17H23ClN4OS2. The predicted molar refractivity (Wildman–Crippen MR) is 105 cm³/mol. The standard InChI is InChI=1S/C17H23ClN4OS2/c1-12-13(16(18)20(2)19-12)11-21-7-4-8-22(10-9-21)17(23)14-5-6-15(24-3)25-14/h5-6H,4,7-11H2,1-3H3. The summed E-state index contributed by atoms with van der Waals surface area (Å²) in [6.07, 6.45) is 3.01. The highest BCUT2D eigenvalue weighted by molar-refractivity contribution is 8.00. The summed E-state index contributed by atoms with van der Waals surface area (Å²) in [6, 6.07) is 3.97. The molecule has 1 fully saturated rings.